The van der Waals surface area contributed by atoms with E-state index in [1.54, 1.807) is 7.11 Å². The topological polar surface area (TPSA) is 62.6 Å². The average molecular weight is 480 g/mol. The summed E-state index contributed by atoms with van der Waals surface area (Å²) in [7, 11) is 1.66. The maximum atomic E-state index is 14.1. The number of fused-ring (bicyclic) bond motifs is 3. The predicted octanol–water partition coefficient (Wildman–Crippen LogP) is 4.68. The fraction of sp³-hybridized carbons (Fsp3) is 0.241. The maximum absolute atomic E-state index is 14.1. The minimum absolute atomic E-state index is 0.0666. The molecule has 1 saturated heterocycles. The number of benzene rings is 3. The molecular formula is C29H29N5O2. The van der Waals surface area contributed by atoms with Gasteiger partial charge in [-0.1, -0.05) is 42.5 Å². The molecule has 182 valence electrons. The van der Waals surface area contributed by atoms with Crippen LogP contribution in [0.4, 0.5) is 11.6 Å². The number of para-hydroxylation sites is 3. The fourth-order valence-electron chi connectivity index (χ4n) is 5.32. The lowest BCUT2D eigenvalue weighted by molar-refractivity contribution is -0.127. The Labute approximate surface area is 210 Å². The van der Waals surface area contributed by atoms with Crippen molar-refractivity contribution >= 4 is 28.6 Å². The van der Waals surface area contributed by atoms with Gasteiger partial charge in [-0.3, -0.25) is 9.36 Å². The highest BCUT2D eigenvalue weighted by atomic mass is 16.5. The number of piperazine rings is 1. The lowest BCUT2D eigenvalue weighted by Gasteiger charge is -2.39. The van der Waals surface area contributed by atoms with Crippen molar-refractivity contribution in [3.05, 3.63) is 95.7 Å². The third-order valence-corrected chi connectivity index (χ3v) is 7.18. The van der Waals surface area contributed by atoms with Gasteiger partial charge in [0.25, 0.3) is 5.91 Å². The van der Waals surface area contributed by atoms with Crippen LogP contribution in [0.25, 0.3) is 11.0 Å². The molecule has 1 fully saturated rings. The summed E-state index contributed by atoms with van der Waals surface area (Å²) in [5, 5.41) is 3.43. The molecule has 1 unspecified atom stereocenters. The number of anilines is 2. The third kappa shape index (κ3) is 3.77. The van der Waals surface area contributed by atoms with E-state index in [1.165, 1.54) is 5.69 Å². The number of nitrogens with zero attached hydrogens (tertiary/aromatic N) is 4. The molecule has 2 aliphatic heterocycles. The number of aromatic nitrogens is 2. The lowest BCUT2D eigenvalue weighted by atomic mass is 9.93. The highest BCUT2D eigenvalue weighted by molar-refractivity contribution is 5.98. The first-order chi connectivity index (χ1) is 17.6. The van der Waals surface area contributed by atoms with Crippen LogP contribution in [-0.4, -0.2) is 53.6 Å². The van der Waals surface area contributed by atoms with Gasteiger partial charge in [0.15, 0.2) is 0 Å². The number of amides is 1. The molecule has 1 aromatic heterocycles. The van der Waals surface area contributed by atoms with E-state index in [2.05, 4.69) is 45.1 Å². The van der Waals surface area contributed by atoms with Crippen molar-refractivity contribution in [3.63, 3.8) is 0 Å². The Hall–Kier alpha value is -4.26. The summed E-state index contributed by atoms with van der Waals surface area (Å²) in [6, 6.07) is 26.2. The van der Waals surface area contributed by atoms with E-state index in [-0.39, 0.29) is 11.9 Å². The Bertz CT molecular complexity index is 1430. The smallest absolute Gasteiger partial charge is 0.254 e. The molecule has 0 aliphatic carbocycles. The number of methoxy groups -OCH3 is 1. The van der Waals surface area contributed by atoms with Crippen molar-refractivity contribution in [1.82, 2.24) is 14.5 Å². The van der Waals surface area contributed by atoms with E-state index < -0.39 is 0 Å². The second-order valence-corrected chi connectivity index (χ2v) is 9.25. The fourth-order valence-corrected chi connectivity index (χ4v) is 5.32. The van der Waals surface area contributed by atoms with Gasteiger partial charge in [-0.2, -0.15) is 0 Å². The van der Waals surface area contributed by atoms with E-state index in [0.29, 0.717) is 13.1 Å². The number of carbonyl (C=O) groups excluding carboxylic acids is 1. The number of carbonyl (C=O) groups is 1. The molecule has 7 nitrogen and oxygen atoms in total. The minimum Gasteiger partial charge on any atom is -0.497 e. The molecule has 7 heteroatoms. The number of imidazole rings is 1. The zero-order valence-electron chi connectivity index (χ0n) is 20.5. The zero-order valence-corrected chi connectivity index (χ0v) is 20.5. The summed E-state index contributed by atoms with van der Waals surface area (Å²) in [4.78, 5) is 23.3. The molecule has 36 heavy (non-hydrogen) atoms. The van der Waals surface area contributed by atoms with E-state index in [4.69, 9.17) is 9.72 Å². The van der Waals surface area contributed by atoms with Crippen LogP contribution in [0.5, 0.6) is 5.75 Å². The normalized spacial score (nSPS) is 17.7. The predicted molar refractivity (Wildman–Crippen MR) is 142 cm³/mol. The van der Waals surface area contributed by atoms with Gasteiger partial charge < -0.3 is 19.9 Å². The zero-order chi connectivity index (χ0) is 24.6. The van der Waals surface area contributed by atoms with Gasteiger partial charge in [0.05, 0.1) is 29.8 Å². The van der Waals surface area contributed by atoms with Gasteiger partial charge in [-0.15, -0.1) is 0 Å². The lowest BCUT2D eigenvalue weighted by Crippen LogP contribution is -2.50. The number of rotatable bonds is 4. The molecular weight excluding hydrogens is 450 g/mol. The van der Waals surface area contributed by atoms with Gasteiger partial charge in [0.1, 0.15) is 5.75 Å². The third-order valence-electron chi connectivity index (χ3n) is 7.18. The van der Waals surface area contributed by atoms with Crippen LogP contribution in [0.2, 0.25) is 0 Å². The molecule has 3 heterocycles. The molecule has 1 amide bonds. The number of hydrogen-bond acceptors (Lipinski definition) is 5. The van der Waals surface area contributed by atoms with Crippen LogP contribution in [0.3, 0.4) is 0 Å². The highest BCUT2D eigenvalue weighted by Gasteiger charge is 2.36. The first kappa shape index (κ1) is 22.2. The molecule has 0 radical (unpaired) electrons. The monoisotopic (exact) mass is 479 g/mol. The molecule has 0 bridgehead atoms. The molecule has 4 aromatic rings. The SMILES string of the molecule is COc1ccc(C2C(C(=O)N3CCN(c4ccccc4)CC3)=C(C)Nc3nc4ccccc4n32)cc1. The van der Waals surface area contributed by atoms with E-state index >= 15 is 0 Å². The Morgan fingerprint density at radius 3 is 2.33 bits per heavy atom. The molecule has 3 aromatic carbocycles. The van der Waals surface area contributed by atoms with Crippen LogP contribution >= 0.6 is 0 Å². The summed E-state index contributed by atoms with van der Waals surface area (Å²) < 4.78 is 7.55. The quantitative estimate of drug-likeness (QED) is 0.460. The van der Waals surface area contributed by atoms with Crippen molar-refractivity contribution in [1.29, 1.82) is 0 Å². The number of nitrogens with one attached hydrogen (secondary N) is 1. The summed E-state index contributed by atoms with van der Waals surface area (Å²) in [6.07, 6.45) is 0. The van der Waals surface area contributed by atoms with Crippen molar-refractivity contribution in [2.75, 3.05) is 43.5 Å². The molecule has 2 aliphatic rings. The molecule has 1 atom stereocenters. The van der Waals surface area contributed by atoms with E-state index in [1.807, 2.05) is 60.4 Å². The summed E-state index contributed by atoms with van der Waals surface area (Å²) in [6.45, 7) is 4.95. The summed E-state index contributed by atoms with van der Waals surface area (Å²) in [5.41, 5.74) is 5.71. The largest absolute Gasteiger partial charge is 0.497 e. The van der Waals surface area contributed by atoms with Crippen molar-refractivity contribution in [3.8, 4) is 5.75 Å². The first-order valence-electron chi connectivity index (χ1n) is 12.3. The van der Waals surface area contributed by atoms with Gasteiger partial charge in [-0.05, 0) is 48.9 Å². The van der Waals surface area contributed by atoms with Crippen molar-refractivity contribution in [2.45, 2.75) is 13.0 Å². The summed E-state index contributed by atoms with van der Waals surface area (Å²) >= 11 is 0. The second kappa shape index (κ2) is 9.07. The van der Waals surface area contributed by atoms with Crippen molar-refractivity contribution < 1.29 is 9.53 Å². The Morgan fingerprint density at radius 2 is 1.61 bits per heavy atom. The minimum atomic E-state index is -0.292. The number of allylic oxidation sites excluding steroid dienone is 1. The average Bonchev–Trinajstić information content (AvgIpc) is 3.30. The number of ether oxygens (including phenoxy) is 1. The van der Waals surface area contributed by atoms with Gasteiger partial charge in [0, 0.05) is 37.6 Å². The Balaban J connectivity index is 1.37. The summed E-state index contributed by atoms with van der Waals surface area (Å²) in [5.74, 6) is 1.60. The molecule has 1 N–H and O–H groups in total. The van der Waals surface area contributed by atoms with Crippen LogP contribution in [-0.2, 0) is 4.79 Å². The number of hydrogen-bond donors (Lipinski definition) is 1. The van der Waals surface area contributed by atoms with E-state index in [9.17, 15) is 4.79 Å². The van der Waals surface area contributed by atoms with Crippen LogP contribution in [0.1, 0.15) is 18.5 Å². The molecule has 0 spiro atoms. The standard InChI is InChI=1S/C29H29N5O2/c1-20-26(28(35)33-18-16-32(17-19-33)22-8-4-3-5-9-22)27(21-12-14-23(36-2)15-13-21)34-25-11-7-6-10-24(25)31-29(34)30-20/h3-15,27H,16-19H2,1-2H3,(H,30,31). The van der Waals surface area contributed by atoms with Crippen LogP contribution < -0.4 is 15.0 Å². The Kier molecular flexibility index (Phi) is 5.60. The first-order valence-corrected chi connectivity index (χ1v) is 12.3. The van der Waals surface area contributed by atoms with Crippen molar-refractivity contribution in [2.24, 2.45) is 0 Å². The van der Waals surface area contributed by atoms with Crippen LogP contribution in [0.15, 0.2) is 90.1 Å². The second-order valence-electron chi connectivity index (χ2n) is 9.25. The highest BCUT2D eigenvalue weighted by Crippen LogP contribution is 2.40. The molecule has 0 saturated carbocycles. The van der Waals surface area contributed by atoms with Gasteiger partial charge in [0.2, 0.25) is 5.95 Å². The van der Waals surface area contributed by atoms with Gasteiger partial charge in [-0.25, -0.2) is 4.98 Å². The maximum Gasteiger partial charge on any atom is 0.254 e. The van der Waals surface area contributed by atoms with Gasteiger partial charge >= 0.3 is 0 Å². The van der Waals surface area contributed by atoms with Crippen LogP contribution in [0, 0.1) is 0 Å². The van der Waals surface area contributed by atoms with E-state index in [0.717, 1.165) is 52.7 Å². The Morgan fingerprint density at radius 1 is 0.917 bits per heavy atom. The molecule has 6 rings (SSSR count).